The van der Waals surface area contributed by atoms with Crippen LogP contribution in [0.2, 0.25) is 0 Å². The van der Waals surface area contributed by atoms with Crippen molar-refractivity contribution in [3.63, 3.8) is 0 Å². The van der Waals surface area contributed by atoms with Crippen molar-refractivity contribution in [1.29, 1.82) is 5.26 Å². The molecular formula is C36H28N2O3. The summed E-state index contributed by atoms with van der Waals surface area (Å²) in [4.78, 5) is 14.0. The average Bonchev–Trinajstić information content (AvgIpc) is 3.46. The van der Waals surface area contributed by atoms with Crippen molar-refractivity contribution in [2.24, 2.45) is 0 Å². The molecule has 0 fully saturated rings. The summed E-state index contributed by atoms with van der Waals surface area (Å²) in [6, 6.07) is 26.5. The van der Waals surface area contributed by atoms with E-state index in [0.29, 0.717) is 34.6 Å². The number of Topliss-reactive ketones (excluding diaryl/α,β-unsaturated/α-hetero) is 1. The Bertz CT molecular complexity index is 1890. The van der Waals surface area contributed by atoms with Crippen molar-refractivity contribution in [3.8, 4) is 17.6 Å². The van der Waals surface area contributed by atoms with Crippen molar-refractivity contribution in [2.45, 2.75) is 26.7 Å². The highest BCUT2D eigenvalue weighted by atomic mass is 16.5. The number of nitrogens with zero attached hydrogens (tertiary/aromatic N) is 1. The molecule has 0 bridgehead atoms. The number of fused-ring (bicyclic) bond motifs is 2. The number of aryl methyl sites for hydroxylation is 2. The molecule has 0 unspecified atom stereocenters. The predicted molar refractivity (Wildman–Crippen MR) is 162 cm³/mol. The van der Waals surface area contributed by atoms with Gasteiger partial charge in [-0.3, -0.25) is 4.79 Å². The van der Waals surface area contributed by atoms with E-state index in [1.54, 1.807) is 30.3 Å². The molecule has 1 aliphatic carbocycles. The molecule has 5 heteroatoms. The molecule has 0 amide bonds. The lowest BCUT2D eigenvalue weighted by atomic mass is 9.83. The second-order valence-corrected chi connectivity index (χ2v) is 10.4. The maximum atomic E-state index is 14.0. The molecule has 0 spiro atoms. The minimum atomic E-state index is -0.237. The summed E-state index contributed by atoms with van der Waals surface area (Å²) in [5.74, 6) is 0.553. The van der Waals surface area contributed by atoms with Gasteiger partial charge in [-0.25, -0.2) is 0 Å². The fourth-order valence-electron chi connectivity index (χ4n) is 5.64. The lowest BCUT2D eigenvalue weighted by molar-refractivity contribution is 0.101. The summed E-state index contributed by atoms with van der Waals surface area (Å²) in [6.07, 6.45) is 1.37. The first-order chi connectivity index (χ1) is 19.8. The van der Waals surface area contributed by atoms with Crippen LogP contribution in [-0.4, -0.2) is 10.9 Å². The number of phenols is 1. The fourth-order valence-corrected chi connectivity index (χ4v) is 5.64. The third kappa shape index (κ3) is 4.40. The zero-order valence-electron chi connectivity index (χ0n) is 22.9. The molecule has 0 saturated heterocycles. The molecular weight excluding hydrogens is 508 g/mol. The fraction of sp³-hybridized carbons (Fsp3) is 0.111. The Balaban J connectivity index is 1.70. The number of nitrogens with two attached hydrogens (primary N) is 1. The maximum absolute atomic E-state index is 14.0. The highest BCUT2D eigenvalue weighted by molar-refractivity contribution is 6.24. The van der Waals surface area contributed by atoms with Crippen LogP contribution in [0.4, 0.5) is 5.69 Å². The SMILES string of the molecule is C=C1/C(=C(\C(=C2/Oc3cc(N)ccc3C2=O)c2ccc(CC)cc2)c2ccc(C)c(C#N)c2)Cc2cc(O)ccc21. The first-order valence-corrected chi connectivity index (χ1v) is 13.5. The van der Waals surface area contributed by atoms with E-state index < -0.39 is 0 Å². The van der Waals surface area contributed by atoms with Gasteiger partial charge < -0.3 is 15.6 Å². The zero-order valence-corrected chi connectivity index (χ0v) is 22.9. The normalized spacial score (nSPS) is 16.1. The van der Waals surface area contributed by atoms with E-state index in [-0.39, 0.29) is 17.3 Å². The van der Waals surface area contributed by atoms with Crippen LogP contribution in [0.25, 0.3) is 16.7 Å². The molecule has 2 aliphatic rings. The monoisotopic (exact) mass is 536 g/mol. The molecule has 0 aromatic heterocycles. The van der Waals surface area contributed by atoms with Gasteiger partial charge in [0.1, 0.15) is 11.5 Å². The van der Waals surface area contributed by atoms with Crippen LogP contribution in [0.3, 0.4) is 0 Å². The van der Waals surface area contributed by atoms with Gasteiger partial charge in [-0.1, -0.05) is 56.0 Å². The van der Waals surface area contributed by atoms with E-state index in [1.165, 1.54) is 0 Å². The van der Waals surface area contributed by atoms with Gasteiger partial charge >= 0.3 is 0 Å². The van der Waals surface area contributed by atoms with E-state index >= 15 is 0 Å². The lowest BCUT2D eigenvalue weighted by Crippen LogP contribution is -2.08. The maximum Gasteiger partial charge on any atom is 0.232 e. The summed E-state index contributed by atoms with van der Waals surface area (Å²) in [7, 11) is 0. The smallest absolute Gasteiger partial charge is 0.232 e. The first kappa shape index (κ1) is 25.9. The minimum absolute atomic E-state index is 0.178. The number of nitrogen functional groups attached to an aromatic ring is 1. The summed E-state index contributed by atoms with van der Waals surface area (Å²) in [5, 5.41) is 20.1. The molecule has 6 rings (SSSR count). The largest absolute Gasteiger partial charge is 0.508 e. The summed E-state index contributed by atoms with van der Waals surface area (Å²) >= 11 is 0. The van der Waals surface area contributed by atoms with Gasteiger partial charge in [0.05, 0.1) is 17.2 Å². The number of benzene rings is 4. The number of nitriles is 1. The van der Waals surface area contributed by atoms with Crippen molar-refractivity contribution in [2.75, 3.05) is 5.73 Å². The molecule has 5 nitrogen and oxygen atoms in total. The van der Waals surface area contributed by atoms with Gasteiger partial charge in [0.25, 0.3) is 0 Å². The first-order valence-electron chi connectivity index (χ1n) is 13.5. The molecule has 41 heavy (non-hydrogen) atoms. The van der Waals surface area contributed by atoms with Gasteiger partial charge in [-0.05, 0) is 100 Å². The number of carbonyl (C=O) groups excluding carboxylic acids is 1. The second kappa shape index (κ2) is 10.0. The van der Waals surface area contributed by atoms with Crippen LogP contribution in [0.5, 0.6) is 11.5 Å². The number of hydrogen-bond donors (Lipinski definition) is 2. The van der Waals surface area contributed by atoms with Crippen LogP contribution < -0.4 is 10.5 Å². The third-order valence-corrected chi connectivity index (χ3v) is 7.89. The van der Waals surface area contributed by atoms with E-state index in [4.69, 9.17) is 10.5 Å². The molecule has 0 atom stereocenters. The van der Waals surface area contributed by atoms with Gasteiger partial charge in [-0.15, -0.1) is 0 Å². The highest BCUT2D eigenvalue weighted by Crippen LogP contribution is 2.48. The Hall–Kier alpha value is -5.34. The van der Waals surface area contributed by atoms with Crippen molar-refractivity contribution in [3.05, 3.63) is 141 Å². The topological polar surface area (TPSA) is 96.3 Å². The van der Waals surface area contributed by atoms with Gasteiger partial charge in [0.15, 0.2) is 5.76 Å². The summed E-state index contributed by atoms with van der Waals surface area (Å²) in [6.45, 7) is 8.44. The zero-order chi connectivity index (χ0) is 28.8. The average molecular weight is 537 g/mol. The molecule has 0 saturated carbocycles. The molecule has 4 aromatic carbocycles. The highest BCUT2D eigenvalue weighted by Gasteiger charge is 2.35. The van der Waals surface area contributed by atoms with Crippen LogP contribution in [0.1, 0.15) is 56.2 Å². The van der Waals surface area contributed by atoms with Crippen molar-refractivity contribution >= 4 is 28.2 Å². The van der Waals surface area contributed by atoms with Crippen LogP contribution >= 0.6 is 0 Å². The minimum Gasteiger partial charge on any atom is -0.508 e. The molecule has 200 valence electrons. The number of anilines is 1. The number of carbonyl (C=O) groups is 1. The Morgan fingerprint density at radius 3 is 2.44 bits per heavy atom. The van der Waals surface area contributed by atoms with Crippen LogP contribution in [-0.2, 0) is 12.8 Å². The number of ether oxygens (including phenoxy) is 1. The molecule has 1 aliphatic heterocycles. The Kier molecular flexibility index (Phi) is 6.32. The standard InChI is InChI=1S/C36H28N2O3/c1-4-22-6-9-23(10-7-22)34(36-35(40)30-13-11-27(38)18-32(30)41-36)33(24-8-5-20(2)26(15-24)19-37)31-17-25-16-28(39)12-14-29(25)21(31)3/h5-16,18,39H,3-4,17,38H2,1-2H3/b33-31-,36-34-. The number of phenolic OH excluding ortho intramolecular Hbond substituents is 1. The Labute approximate surface area is 239 Å². The van der Waals surface area contributed by atoms with E-state index in [0.717, 1.165) is 56.5 Å². The molecule has 3 N–H and O–H groups in total. The molecule has 4 aromatic rings. The summed E-state index contributed by atoms with van der Waals surface area (Å²) in [5.41, 5.74) is 16.1. The number of hydrogen-bond acceptors (Lipinski definition) is 5. The van der Waals surface area contributed by atoms with Gasteiger partial charge in [0.2, 0.25) is 5.78 Å². The van der Waals surface area contributed by atoms with Gasteiger partial charge in [-0.2, -0.15) is 5.26 Å². The van der Waals surface area contributed by atoms with Crippen LogP contribution in [0.15, 0.2) is 96.8 Å². The third-order valence-electron chi connectivity index (χ3n) is 7.89. The summed E-state index contributed by atoms with van der Waals surface area (Å²) < 4.78 is 6.33. The number of allylic oxidation sites excluding steroid dienone is 5. The number of rotatable bonds is 4. The molecule has 1 heterocycles. The Morgan fingerprint density at radius 1 is 0.976 bits per heavy atom. The number of ketones is 1. The number of aromatic hydroxyl groups is 1. The van der Waals surface area contributed by atoms with E-state index in [1.807, 2.05) is 43.3 Å². The van der Waals surface area contributed by atoms with E-state index in [2.05, 4.69) is 31.7 Å². The van der Waals surface area contributed by atoms with Crippen molar-refractivity contribution < 1.29 is 14.6 Å². The van der Waals surface area contributed by atoms with E-state index in [9.17, 15) is 15.2 Å². The van der Waals surface area contributed by atoms with Crippen LogP contribution in [0, 0.1) is 18.3 Å². The Morgan fingerprint density at radius 2 is 1.71 bits per heavy atom. The lowest BCUT2D eigenvalue weighted by Gasteiger charge is -2.20. The predicted octanol–water partition coefficient (Wildman–Crippen LogP) is 7.43. The van der Waals surface area contributed by atoms with Crippen molar-refractivity contribution in [1.82, 2.24) is 0 Å². The molecule has 0 radical (unpaired) electrons. The second-order valence-electron chi connectivity index (χ2n) is 10.4. The van der Waals surface area contributed by atoms with Gasteiger partial charge in [0, 0.05) is 17.3 Å². The quantitative estimate of drug-likeness (QED) is 0.209.